The second kappa shape index (κ2) is 9.36. The third-order valence-electron chi connectivity index (χ3n) is 4.52. The molecule has 1 amide bonds. The second-order valence-electron chi connectivity index (χ2n) is 6.85. The highest BCUT2D eigenvalue weighted by Gasteiger charge is 2.11. The summed E-state index contributed by atoms with van der Waals surface area (Å²) < 4.78 is 1.87. The number of hydrogen-bond acceptors (Lipinski definition) is 6. The maximum atomic E-state index is 12.4. The molecule has 0 spiro atoms. The van der Waals surface area contributed by atoms with Gasteiger partial charge < -0.3 is 5.32 Å². The average Bonchev–Trinajstić information content (AvgIpc) is 3.14. The third-order valence-corrected chi connectivity index (χ3v) is 4.52. The van der Waals surface area contributed by atoms with Gasteiger partial charge in [0.1, 0.15) is 5.69 Å². The van der Waals surface area contributed by atoms with E-state index in [1.54, 1.807) is 0 Å². The molecular weight excluding hydrogens is 354 g/mol. The van der Waals surface area contributed by atoms with E-state index in [-0.39, 0.29) is 5.91 Å². The van der Waals surface area contributed by atoms with Crippen LogP contribution in [0.3, 0.4) is 0 Å². The topological polar surface area (TPSA) is 88.8 Å². The number of nitrogens with zero attached hydrogens (tertiary/aromatic N) is 6. The molecule has 2 heterocycles. The Labute approximate surface area is 165 Å². The molecule has 3 aromatic rings. The SMILES string of the molecule is CCCn1cc(CN(CC)CCNC(=O)c2cnc3cc(C)ccc3n2)nn1. The van der Waals surface area contributed by atoms with Crippen LogP contribution in [-0.2, 0) is 13.1 Å². The molecule has 0 saturated carbocycles. The Balaban J connectivity index is 1.52. The van der Waals surface area contributed by atoms with E-state index in [1.165, 1.54) is 6.20 Å². The normalized spacial score (nSPS) is 11.3. The molecule has 0 aliphatic heterocycles. The summed E-state index contributed by atoms with van der Waals surface area (Å²) in [6, 6.07) is 5.81. The summed E-state index contributed by atoms with van der Waals surface area (Å²) in [7, 11) is 0. The van der Waals surface area contributed by atoms with Crippen LogP contribution in [0.15, 0.2) is 30.6 Å². The lowest BCUT2D eigenvalue weighted by Crippen LogP contribution is -2.35. The molecule has 0 atom stereocenters. The second-order valence-corrected chi connectivity index (χ2v) is 6.85. The van der Waals surface area contributed by atoms with Gasteiger partial charge in [0.2, 0.25) is 0 Å². The first-order valence-corrected chi connectivity index (χ1v) is 9.72. The summed E-state index contributed by atoms with van der Waals surface area (Å²) >= 11 is 0. The van der Waals surface area contributed by atoms with Gasteiger partial charge in [-0.25, -0.2) is 4.98 Å². The number of amides is 1. The van der Waals surface area contributed by atoms with E-state index in [9.17, 15) is 4.79 Å². The van der Waals surface area contributed by atoms with Gasteiger partial charge in [0.25, 0.3) is 5.91 Å². The van der Waals surface area contributed by atoms with E-state index in [0.717, 1.165) is 48.3 Å². The molecule has 0 radical (unpaired) electrons. The van der Waals surface area contributed by atoms with Crippen LogP contribution in [-0.4, -0.2) is 55.4 Å². The van der Waals surface area contributed by atoms with E-state index in [1.807, 2.05) is 36.0 Å². The van der Waals surface area contributed by atoms with Crippen molar-refractivity contribution in [3.05, 3.63) is 47.5 Å². The van der Waals surface area contributed by atoms with Crippen LogP contribution < -0.4 is 5.32 Å². The standard InChI is InChI=1S/C20H27N7O/c1-4-9-27-14-16(24-25-27)13-26(5-2)10-8-21-20(28)19-12-22-18-11-15(3)6-7-17(18)23-19/h6-7,11-12,14H,4-5,8-10,13H2,1-3H3,(H,21,28). The van der Waals surface area contributed by atoms with Gasteiger partial charge in [-0.1, -0.05) is 25.1 Å². The van der Waals surface area contributed by atoms with E-state index in [0.29, 0.717) is 18.8 Å². The molecule has 148 valence electrons. The van der Waals surface area contributed by atoms with Gasteiger partial charge in [-0.15, -0.1) is 5.10 Å². The average molecular weight is 381 g/mol. The zero-order valence-electron chi connectivity index (χ0n) is 16.7. The molecule has 28 heavy (non-hydrogen) atoms. The maximum absolute atomic E-state index is 12.4. The number of likely N-dealkylation sites (N-methyl/N-ethyl adjacent to an activating group) is 1. The number of carbonyl (C=O) groups excluding carboxylic acids is 1. The van der Waals surface area contributed by atoms with Crippen molar-refractivity contribution < 1.29 is 4.79 Å². The first-order valence-electron chi connectivity index (χ1n) is 9.72. The van der Waals surface area contributed by atoms with Crippen LogP contribution in [0.5, 0.6) is 0 Å². The van der Waals surface area contributed by atoms with Gasteiger partial charge in [0, 0.05) is 32.4 Å². The quantitative estimate of drug-likeness (QED) is 0.611. The molecule has 1 aromatic carbocycles. The number of nitrogens with one attached hydrogen (secondary N) is 1. The first-order chi connectivity index (χ1) is 13.6. The molecule has 3 rings (SSSR count). The molecule has 0 saturated heterocycles. The predicted octanol–water partition coefficient (Wildman–Crippen LogP) is 2.19. The lowest BCUT2D eigenvalue weighted by molar-refractivity contribution is 0.0943. The van der Waals surface area contributed by atoms with Gasteiger partial charge in [-0.05, 0) is 37.6 Å². The van der Waals surface area contributed by atoms with Crippen LogP contribution in [0.1, 0.15) is 42.0 Å². The maximum Gasteiger partial charge on any atom is 0.271 e. The smallest absolute Gasteiger partial charge is 0.271 e. The number of aromatic nitrogens is 5. The monoisotopic (exact) mass is 381 g/mol. The molecule has 1 N–H and O–H groups in total. The molecule has 0 unspecified atom stereocenters. The van der Waals surface area contributed by atoms with Crippen molar-refractivity contribution in [3.63, 3.8) is 0 Å². The highest BCUT2D eigenvalue weighted by molar-refractivity contribution is 5.93. The van der Waals surface area contributed by atoms with E-state index < -0.39 is 0 Å². The van der Waals surface area contributed by atoms with Crippen molar-refractivity contribution in [2.24, 2.45) is 0 Å². The Hall–Kier alpha value is -2.87. The minimum Gasteiger partial charge on any atom is -0.349 e. The van der Waals surface area contributed by atoms with Crippen LogP contribution in [0.4, 0.5) is 0 Å². The summed E-state index contributed by atoms with van der Waals surface area (Å²) in [5.74, 6) is -0.208. The first kappa shape index (κ1) is 19.9. The highest BCUT2D eigenvalue weighted by Crippen LogP contribution is 2.11. The fourth-order valence-corrected chi connectivity index (χ4v) is 2.98. The Morgan fingerprint density at radius 2 is 2.11 bits per heavy atom. The van der Waals surface area contributed by atoms with Gasteiger partial charge in [0.05, 0.1) is 22.9 Å². The molecular formula is C20H27N7O. The summed E-state index contributed by atoms with van der Waals surface area (Å²) in [6.45, 7) is 9.93. The van der Waals surface area contributed by atoms with Gasteiger partial charge in [0.15, 0.2) is 0 Å². The minimum absolute atomic E-state index is 0.208. The number of rotatable bonds is 9. The van der Waals surface area contributed by atoms with E-state index in [4.69, 9.17) is 0 Å². The van der Waals surface area contributed by atoms with Gasteiger partial charge >= 0.3 is 0 Å². The van der Waals surface area contributed by atoms with Crippen molar-refractivity contribution in [2.45, 2.75) is 40.3 Å². The summed E-state index contributed by atoms with van der Waals surface area (Å²) in [5, 5.41) is 11.3. The Kier molecular flexibility index (Phi) is 6.65. The van der Waals surface area contributed by atoms with Crippen LogP contribution in [0.2, 0.25) is 0 Å². The molecule has 0 bridgehead atoms. The zero-order chi connectivity index (χ0) is 19.9. The number of hydrogen-bond donors (Lipinski definition) is 1. The van der Waals surface area contributed by atoms with Crippen LogP contribution in [0, 0.1) is 6.92 Å². The van der Waals surface area contributed by atoms with E-state index >= 15 is 0 Å². The Morgan fingerprint density at radius 3 is 2.89 bits per heavy atom. The Bertz CT molecular complexity index is 937. The number of benzene rings is 1. The van der Waals surface area contributed by atoms with Crippen molar-refractivity contribution in [2.75, 3.05) is 19.6 Å². The highest BCUT2D eigenvalue weighted by atomic mass is 16.1. The third kappa shape index (κ3) is 5.10. The largest absolute Gasteiger partial charge is 0.349 e. The molecule has 8 nitrogen and oxygen atoms in total. The number of aryl methyl sites for hydroxylation is 2. The van der Waals surface area contributed by atoms with E-state index in [2.05, 4.69) is 44.3 Å². The lowest BCUT2D eigenvalue weighted by atomic mass is 10.2. The molecule has 2 aromatic heterocycles. The van der Waals surface area contributed by atoms with Crippen molar-refractivity contribution >= 4 is 16.9 Å². The molecule has 8 heteroatoms. The number of carbonyl (C=O) groups is 1. The molecule has 0 aliphatic rings. The summed E-state index contributed by atoms with van der Waals surface area (Å²) in [4.78, 5) is 23.4. The summed E-state index contributed by atoms with van der Waals surface area (Å²) in [5.41, 5.74) is 3.92. The van der Waals surface area contributed by atoms with Gasteiger partial charge in [-0.3, -0.25) is 19.4 Å². The molecule has 0 fully saturated rings. The van der Waals surface area contributed by atoms with Crippen molar-refractivity contribution in [1.29, 1.82) is 0 Å². The fourth-order valence-electron chi connectivity index (χ4n) is 2.98. The van der Waals surface area contributed by atoms with Crippen molar-refractivity contribution in [3.8, 4) is 0 Å². The zero-order valence-corrected chi connectivity index (χ0v) is 16.7. The predicted molar refractivity (Wildman–Crippen MR) is 108 cm³/mol. The molecule has 0 aliphatic carbocycles. The van der Waals surface area contributed by atoms with Gasteiger partial charge in [-0.2, -0.15) is 0 Å². The van der Waals surface area contributed by atoms with Crippen LogP contribution >= 0.6 is 0 Å². The van der Waals surface area contributed by atoms with Crippen molar-refractivity contribution in [1.82, 2.24) is 35.2 Å². The van der Waals surface area contributed by atoms with Crippen LogP contribution in [0.25, 0.3) is 11.0 Å². The fraction of sp³-hybridized carbons (Fsp3) is 0.450. The Morgan fingerprint density at radius 1 is 1.25 bits per heavy atom. The minimum atomic E-state index is -0.208. The summed E-state index contributed by atoms with van der Waals surface area (Å²) in [6.07, 6.45) is 4.54. The lowest BCUT2D eigenvalue weighted by Gasteiger charge is -2.19. The number of fused-ring (bicyclic) bond motifs is 1.